The zero-order valence-corrected chi connectivity index (χ0v) is 14.8. The van der Waals surface area contributed by atoms with E-state index in [9.17, 15) is 13.2 Å². The number of amides is 1. The van der Waals surface area contributed by atoms with E-state index in [2.05, 4.69) is 10.2 Å². The van der Waals surface area contributed by atoms with Gasteiger partial charge in [0.1, 0.15) is 0 Å². The summed E-state index contributed by atoms with van der Waals surface area (Å²) in [5, 5.41) is 7.86. The highest BCUT2D eigenvalue weighted by molar-refractivity contribution is 7.89. The lowest BCUT2D eigenvalue weighted by atomic mass is 10.0. The maximum Gasteiger partial charge on any atom is 0.251 e. The maximum atomic E-state index is 11.6. The van der Waals surface area contributed by atoms with Crippen molar-refractivity contribution in [2.24, 2.45) is 5.14 Å². The Kier molecular flexibility index (Phi) is 4.78. The number of carbonyl (C=O) groups is 1. The molecule has 0 atom stereocenters. The second kappa shape index (κ2) is 6.85. The topological polar surface area (TPSA) is 92.5 Å². The molecule has 1 aliphatic heterocycles. The molecular weight excluding hydrogens is 338 g/mol. The minimum atomic E-state index is -3.72. The van der Waals surface area contributed by atoms with Gasteiger partial charge in [0.25, 0.3) is 5.91 Å². The van der Waals surface area contributed by atoms with Crippen LogP contribution in [0.1, 0.15) is 27.9 Å². The van der Waals surface area contributed by atoms with Gasteiger partial charge in [0.05, 0.1) is 4.90 Å². The van der Waals surface area contributed by atoms with Gasteiger partial charge in [-0.2, -0.15) is 0 Å². The van der Waals surface area contributed by atoms with Crippen LogP contribution in [-0.4, -0.2) is 27.9 Å². The van der Waals surface area contributed by atoms with Crippen LogP contribution in [0.4, 0.5) is 5.69 Å². The van der Waals surface area contributed by atoms with Crippen molar-refractivity contribution in [2.75, 3.05) is 18.5 Å². The molecule has 0 bridgehead atoms. The maximum absolute atomic E-state index is 11.6. The quantitative estimate of drug-likeness (QED) is 0.868. The number of hydrogen-bond donors (Lipinski definition) is 2. The zero-order valence-electron chi connectivity index (χ0n) is 14.0. The van der Waals surface area contributed by atoms with Gasteiger partial charge >= 0.3 is 0 Å². The first-order valence-electron chi connectivity index (χ1n) is 8.10. The molecular formula is C18H21N3O3S. The van der Waals surface area contributed by atoms with Gasteiger partial charge in [0.2, 0.25) is 10.0 Å². The monoisotopic (exact) mass is 359 g/mol. The summed E-state index contributed by atoms with van der Waals surface area (Å²) in [6.07, 6.45) is 1.93. The van der Waals surface area contributed by atoms with E-state index in [1.807, 2.05) is 18.2 Å². The predicted molar refractivity (Wildman–Crippen MR) is 97.0 cm³/mol. The summed E-state index contributed by atoms with van der Waals surface area (Å²) in [5.41, 5.74) is 3.71. The number of anilines is 1. The van der Waals surface area contributed by atoms with Crippen molar-refractivity contribution in [3.8, 4) is 0 Å². The Labute approximate surface area is 147 Å². The van der Waals surface area contributed by atoms with Crippen molar-refractivity contribution >= 4 is 21.6 Å². The molecule has 0 aromatic heterocycles. The molecule has 3 N–H and O–H groups in total. The normalized spacial score (nSPS) is 14.1. The first kappa shape index (κ1) is 17.4. The van der Waals surface area contributed by atoms with E-state index in [-0.39, 0.29) is 10.8 Å². The molecule has 2 aromatic rings. The van der Waals surface area contributed by atoms with E-state index in [0.29, 0.717) is 12.1 Å². The molecule has 6 nitrogen and oxygen atoms in total. The number of nitrogens with one attached hydrogen (secondary N) is 1. The fraction of sp³-hybridized carbons (Fsp3) is 0.278. The Balaban J connectivity index is 1.86. The van der Waals surface area contributed by atoms with Crippen LogP contribution in [0.25, 0.3) is 0 Å². The van der Waals surface area contributed by atoms with Gasteiger partial charge < -0.3 is 10.2 Å². The Morgan fingerprint density at radius 3 is 2.56 bits per heavy atom. The lowest BCUT2D eigenvalue weighted by Crippen LogP contribution is -2.29. The van der Waals surface area contributed by atoms with E-state index in [1.54, 1.807) is 31.3 Å². The van der Waals surface area contributed by atoms with Gasteiger partial charge in [-0.15, -0.1) is 0 Å². The van der Waals surface area contributed by atoms with E-state index >= 15 is 0 Å². The smallest absolute Gasteiger partial charge is 0.251 e. The molecule has 3 rings (SSSR count). The lowest BCUT2D eigenvalue weighted by molar-refractivity contribution is 0.0963. The predicted octanol–water partition coefficient (Wildman–Crippen LogP) is 1.65. The third-order valence-electron chi connectivity index (χ3n) is 4.42. The number of sulfonamides is 1. The lowest BCUT2D eigenvalue weighted by Gasteiger charge is -2.31. The van der Waals surface area contributed by atoms with E-state index < -0.39 is 10.0 Å². The van der Waals surface area contributed by atoms with Gasteiger partial charge in [-0.3, -0.25) is 4.79 Å². The van der Waals surface area contributed by atoms with Gasteiger partial charge in [-0.25, -0.2) is 13.6 Å². The summed E-state index contributed by atoms with van der Waals surface area (Å²) >= 11 is 0. The number of nitrogens with zero attached hydrogens (tertiary/aromatic N) is 1. The van der Waals surface area contributed by atoms with Crippen molar-refractivity contribution in [3.63, 3.8) is 0 Å². The highest BCUT2D eigenvalue weighted by atomic mass is 32.2. The first-order chi connectivity index (χ1) is 11.9. The van der Waals surface area contributed by atoms with Crippen LogP contribution in [0.3, 0.4) is 0 Å². The van der Waals surface area contributed by atoms with Crippen molar-refractivity contribution < 1.29 is 13.2 Å². The highest BCUT2D eigenvalue weighted by Gasteiger charge is 2.20. The molecule has 132 valence electrons. The van der Waals surface area contributed by atoms with Crippen molar-refractivity contribution in [3.05, 3.63) is 59.2 Å². The standard InChI is InChI=1S/C18H21N3O3S/c1-20-18(22)15-6-4-13(5-7-15)12-21-10-2-3-14-8-9-16(11-17(14)21)25(19,23)24/h4-9,11H,2-3,10,12H2,1H3,(H,20,22)(H2,19,23,24). The summed E-state index contributed by atoms with van der Waals surface area (Å²) in [4.78, 5) is 13.9. The number of primary sulfonamides is 1. The molecule has 7 heteroatoms. The molecule has 0 spiro atoms. The molecule has 0 radical (unpaired) electrons. The Morgan fingerprint density at radius 1 is 1.20 bits per heavy atom. The first-order valence-corrected chi connectivity index (χ1v) is 9.65. The molecule has 0 fully saturated rings. The van der Waals surface area contributed by atoms with Gasteiger partial charge in [-0.05, 0) is 48.2 Å². The molecule has 2 aromatic carbocycles. The molecule has 1 aliphatic rings. The van der Waals surface area contributed by atoms with Crippen LogP contribution in [0.15, 0.2) is 47.4 Å². The summed E-state index contributed by atoms with van der Waals surface area (Å²) in [5.74, 6) is -0.118. The number of nitrogens with two attached hydrogens (primary N) is 1. The number of hydrogen-bond acceptors (Lipinski definition) is 4. The highest BCUT2D eigenvalue weighted by Crippen LogP contribution is 2.30. The molecule has 0 aliphatic carbocycles. The van der Waals surface area contributed by atoms with E-state index in [4.69, 9.17) is 5.14 Å². The minimum absolute atomic E-state index is 0.118. The molecule has 0 unspecified atom stereocenters. The zero-order chi connectivity index (χ0) is 18.0. The van der Waals surface area contributed by atoms with Crippen LogP contribution >= 0.6 is 0 Å². The van der Waals surface area contributed by atoms with Crippen molar-refractivity contribution in [1.29, 1.82) is 0 Å². The Morgan fingerprint density at radius 2 is 1.92 bits per heavy atom. The fourth-order valence-electron chi connectivity index (χ4n) is 3.10. The van der Waals surface area contributed by atoms with E-state index in [0.717, 1.165) is 36.2 Å². The molecule has 1 amide bonds. The van der Waals surface area contributed by atoms with Crippen LogP contribution in [0.2, 0.25) is 0 Å². The van der Waals surface area contributed by atoms with Gasteiger partial charge in [-0.1, -0.05) is 18.2 Å². The van der Waals surface area contributed by atoms with Crippen molar-refractivity contribution in [2.45, 2.75) is 24.3 Å². The number of benzene rings is 2. The fourth-order valence-corrected chi connectivity index (χ4v) is 3.63. The Bertz CT molecular complexity index is 892. The number of carbonyl (C=O) groups excluding carboxylic acids is 1. The van der Waals surface area contributed by atoms with Crippen LogP contribution < -0.4 is 15.4 Å². The molecule has 0 saturated heterocycles. The summed E-state index contributed by atoms with van der Waals surface area (Å²) in [7, 11) is -2.12. The molecule has 1 heterocycles. The largest absolute Gasteiger partial charge is 0.367 e. The average Bonchev–Trinajstić information content (AvgIpc) is 2.61. The third-order valence-corrected chi connectivity index (χ3v) is 5.33. The van der Waals surface area contributed by atoms with Crippen LogP contribution in [-0.2, 0) is 23.0 Å². The third kappa shape index (κ3) is 3.83. The summed E-state index contributed by atoms with van der Waals surface area (Å²) in [6, 6.07) is 12.5. The number of fused-ring (bicyclic) bond motifs is 1. The van der Waals surface area contributed by atoms with E-state index in [1.165, 1.54) is 0 Å². The molecule has 25 heavy (non-hydrogen) atoms. The van der Waals surface area contributed by atoms with Crippen LogP contribution in [0, 0.1) is 0 Å². The number of aryl methyl sites for hydroxylation is 1. The second-order valence-electron chi connectivity index (χ2n) is 6.14. The second-order valence-corrected chi connectivity index (χ2v) is 7.70. The van der Waals surface area contributed by atoms with Gasteiger partial charge in [0, 0.05) is 31.4 Å². The average molecular weight is 359 g/mol. The minimum Gasteiger partial charge on any atom is -0.367 e. The van der Waals surface area contributed by atoms with Crippen LogP contribution in [0.5, 0.6) is 0 Å². The summed E-state index contributed by atoms with van der Waals surface area (Å²) in [6.45, 7) is 1.49. The molecule has 0 saturated carbocycles. The number of rotatable bonds is 4. The SMILES string of the molecule is CNC(=O)c1ccc(CN2CCCc3ccc(S(N)(=O)=O)cc32)cc1. The summed E-state index contributed by atoms with van der Waals surface area (Å²) < 4.78 is 23.3. The Hall–Kier alpha value is -2.38. The van der Waals surface area contributed by atoms with Gasteiger partial charge in [0.15, 0.2) is 0 Å². The van der Waals surface area contributed by atoms with Crippen molar-refractivity contribution in [1.82, 2.24) is 5.32 Å².